The molecule has 0 fully saturated rings. The van der Waals surface area contributed by atoms with E-state index in [1.54, 1.807) is 11.0 Å². The van der Waals surface area contributed by atoms with Crippen molar-refractivity contribution >= 4 is 12.1 Å². The standard InChI is InChI=1S/C16H21NO4/c1-16(2,3)21-15(19)17-9-8-11-6-5-7-12(13(11)10-17)14(18)20-4/h5-7H,8-10H2,1-4H3. The minimum atomic E-state index is -0.529. The minimum absolute atomic E-state index is 0.354. The van der Waals surface area contributed by atoms with Crippen molar-refractivity contribution < 1.29 is 19.1 Å². The number of fused-ring (bicyclic) bond motifs is 1. The Morgan fingerprint density at radius 3 is 2.57 bits per heavy atom. The van der Waals surface area contributed by atoms with Crippen LogP contribution in [0.25, 0.3) is 0 Å². The van der Waals surface area contributed by atoms with Crippen molar-refractivity contribution in [3.63, 3.8) is 0 Å². The lowest BCUT2D eigenvalue weighted by Gasteiger charge is -2.31. The topological polar surface area (TPSA) is 55.8 Å². The van der Waals surface area contributed by atoms with Gasteiger partial charge in [0.15, 0.2) is 0 Å². The highest BCUT2D eigenvalue weighted by molar-refractivity contribution is 5.91. The average Bonchev–Trinajstić information content (AvgIpc) is 2.43. The largest absolute Gasteiger partial charge is 0.465 e. The fourth-order valence-electron chi connectivity index (χ4n) is 2.36. The molecule has 1 aliphatic rings. The van der Waals surface area contributed by atoms with E-state index in [1.807, 2.05) is 32.9 Å². The quantitative estimate of drug-likeness (QED) is 0.747. The first-order chi connectivity index (χ1) is 9.81. The van der Waals surface area contributed by atoms with Crippen LogP contribution in [0.5, 0.6) is 0 Å². The summed E-state index contributed by atoms with van der Waals surface area (Å²) in [7, 11) is 1.36. The van der Waals surface area contributed by atoms with E-state index < -0.39 is 5.60 Å². The Balaban J connectivity index is 2.23. The third-order valence-corrected chi connectivity index (χ3v) is 3.33. The van der Waals surface area contributed by atoms with E-state index in [2.05, 4.69) is 0 Å². The molecular formula is C16H21NO4. The molecule has 0 radical (unpaired) electrons. The van der Waals surface area contributed by atoms with Crippen LogP contribution < -0.4 is 0 Å². The number of ether oxygens (including phenoxy) is 2. The van der Waals surface area contributed by atoms with E-state index in [4.69, 9.17) is 9.47 Å². The molecule has 0 unspecified atom stereocenters. The van der Waals surface area contributed by atoms with E-state index in [-0.39, 0.29) is 12.1 Å². The Labute approximate surface area is 124 Å². The molecule has 114 valence electrons. The van der Waals surface area contributed by atoms with Gasteiger partial charge in [0.2, 0.25) is 0 Å². The molecule has 1 amide bonds. The molecule has 0 N–H and O–H groups in total. The van der Waals surface area contributed by atoms with Crippen molar-refractivity contribution in [2.24, 2.45) is 0 Å². The van der Waals surface area contributed by atoms with Crippen LogP contribution in [0.3, 0.4) is 0 Å². The summed E-state index contributed by atoms with van der Waals surface area (Å²) < 4.78 is 10.2. The van der Waals surface area contributed by atoms with Crippen molar-refractivity contribution in [1.82, 2.24) is 4.90 Å². The predicted molar refractivity (Wildman–Crippen MR) is 78.1 cm³/mol. The number of hydrogen-bond donors (Lipinski definition) is 0. The SMILES string of the molecule is COC(=O)c1cccc2c1CN(C(=O)OC(C)(C)C)CC2. The molecule has 1 heterocycles. The Bertz CT molecular complexity index is 560. The summed E-state index contributed by atoms with van der Waals surface area (Å²) >= 11 is 0. The first-order valence-electron chi connectivity index (χ1n) is 6.99. The molecule has 1 aromatic carbocycles. The fraction of sp³-hybridized carbons (Fsp3) is 0.500. The van der Waals surface area contributed by atoms with Gasteiger partial charge in [-0.15, -0.1) is 0 Å². The number of amides is 1. The summed E-state index contributed by atoms with van der Waals surface area (Å²) in [5.74, 6) is -0.377. The smallest absolute Gasteiger partial charge is 0.410 e. The van der Waals surface area contributed by atoms with Crippen LogP contribution in [0.2, 0.25) is 0 Å². The van der Waals surface area contributed by atoms with Gasteiger partial charge in [0.25, 0.3) is 0 Å². The number of methoxy groups -OCH3 is 1. The van der Waals surface area contributed by atoms with Crippen molar-refractivity contribution in [3.8, 4) is 0 Å². The number of rotatable bonds is 1. The molecule has 0 saturated heterocycles. The molecule has 0 aliphatic carbocycles. The molecule has 0 aromatic heterocycles. The Hall–Kier alpha value is -2.04. The van der Waals surface area contributed by atoms with Crippen molar-refractivity contribution in [1.29, 1.82) is 0 Å². The molecule has 5 heteroatoms. The van der Waals surface area contributed by atoms with Gasteiger partial charge in [-0.1, -0.05) is 12.1 Å². The maximum Gasteiger partial charge on any atom is 0.410 e. The van der Waals surface area contributed by atoms with Crippen LogP contribution in [-0.2, 0) is 22.4 Å². The van der Waals surface area contributed by atoms with Crippen molar-refractivity contribution in [2.45, 2.75) is 39.3 Å². The zero-order valence-electron chi connectivity index (χ0n) is 12.9. The Morgan fingerprint density at radius 2 is 1.95 bits per heavy atom. The highest BCUT2D eigenvalue weighted by atomic mass is 16.6. The molecule has 5 nitrogen and oxygen atoms in total. The molecule has 0 spiro atoms. The van der Waals surface area contributed by atoms with Gasteiger partial charge in [0.1, 0.15) is 5.60 Å². The molecule has 0 bridgehead atoms. The first kappa shape index (κ1) is 15.4. The van der Waals surface area contributed by atoms with Gasteiger partial charge in [-0.25, -0.2) is 9.59 Å². The summed E-state index contributed by atoms with van der Waals surface area (Å²) in [6.45, 7) is 6.47. The number of benzene rings is 1. The van der Waals surface area contributed by atoms with Crippen LogP contribution in [0.15, 0.2) is 18.2 Å². The third kappa shape index (κ3) is 3.54. The van der Waals surface area contributed by atoms with Gasteiger partial charge in [0.05, 0.1) is 19.2 Å². The molecule has 1 aliphatic heterocycles. The molecule has 2 rings (SSSR count). The number of hydrogen-bond acceptors (Lipinski definition) is 4. The number of carbonyl (C=O) groups is 2. The van der Waals surface area contributed by atoms with Crippen LogP contribution in [0, 0.1) is 0 Å². The van der Waals surface area contributed by atoms with Crippen LogP contribution in [-0.4, -0.2) is 36.2 Å². The number of esters is 1. The Morgan fingerprint density at radius 1 is 1.24 bits per heavy atom. The zero-order valence-corrected chi connectivity index (χ0v) is 12.9. The monoisotopic (exact) mass is 291 g/mol. The van der Waals surface area contributed by atoms with Gasteiger partial charge < -0.3 is 14.4 Å². The lowest BCUT2D eigenvalue weighted by molar-refractivity contribution is 0.0221. The summed E-state index contributed by atoms with van der Waals surface area (Å²) in [5, 5.41) is 0. The molecule has 21 heavy (non-hydrogen) atoms. The number of nitrogens with zero attached hydrogens (tertiary/aromatic N) is 1. The fourth-order valence-corrected chi connectivity index (χ4v) is 2.36. The van der Waals surface area contributed by atoms with E-state index >= 15 is 0 Å². The molecule has 0 saturated carbocycles. The van der Waals surface area contributed by atoms with E-state index in [9.17, 15) is 9.59 Å². The molecular weight excluding hydrogens is 270 g/mol. The predicted octanol–water partition coefficient (Wildman–Crippen LogP) is 2.77. The summed E-state index contributed by atoms with van der Waals surface area (Å²) in [4.78, 5) is 25.6. The second kappa shape index (κ2) is 5.76. The highest BCUT2D eigenvalue weighted by Crippen LogP contribution is 2.24. The van der Waals surface area contributed by atoms with Crippen LogP contribution >= 0.6 is 0 Å². The van der Waals surface area contributed by atoms with E-state index in [0.717, 1.165) is 11.1 Å². The zero-order chi connectivity index (χ0) is 15.6. The van der Waals surface area contributed by atoms with Crippen molar-refractivity contribution in [2.75, 3.05) is 13.7 Å². The van der Waals surface area contributed by atoms with Crippen LogP contribution in [0.1, 0.15) is 42.3 Å². The maximum absolute atomic E-state index is 12.2. The van der Waals surface area contributed by atoms with Crippen molar-refractivity contribution in [3.05, 3.63) is 34.9 Å². The Kier molecular flexibility index (Phi) is 4.21. The average molecular weight is 291 g/mol. The first-order valence-corrected chi connectivity index (χ1v) is 6.99. The number of carbonyl (C=O) groups excluding carboxylic acids is 2. The summed E-state index contributed by atoms with van der Waals surface area (Å²) in [5.41, 5.74) is 1.92. The maximum atomic E-state index is 12.2. The third-order valence-electron chi connectivity index (χ3n) is 3.33. The van der Waals surface area contributed by atoms with Gasteiger partial charge >= 0.3 is 12.1 Å². The second-order valence-corrected chi connectivity index (χ2v) is 6.09. The highest BCUT2D eigenvalue weighted by Gasteiger charge is 2.28. The normalized spacial score (nSPS) is 14.4. The van der Waals surface area contributed by atoms with Gasteiger partial charge in [0, 0.05) is 6.54 Å². The van der Waals surface area contributed by atoms with Gasteiger partial charge in [-0.3, -0.25) is 0 Å². The molecule has 1 aromatic rings. The van der Waals surface area contributed by atoms with Gasteiger partial charge in [-0.2, -0.15) is 0 Å². The molecule has 0 atom stereocenters. The van der Waals surface area contributed by atoms with E-state index in [0.29, 0.717) is 25.1 Å². The van der Waals surface area contributed by atoms with Crippen LogP contribution in [0.4, 0.5) is 4.79 Å². The lowest BCUT2D eigenvalue weighted by Crippen LogP contribution is -2.40. The second-order valence-electron chi connectivity index (χ2n) is 6.09. The lowest BCUT2D eigenvalue weighted by atomic mass is 9.95. The summed E-state index contributed by atoms with van der Waals surface area (Å²) in [6, 6.07) is 5.55. The summed E-state index contributed by atoms with van der Waals surface area (Å²) in [6.07, 6.45) is 0.354. The van der Waals surface area contributed by atoms with E-state index in [1.165, 1.54) is 7.11 Å². The minimum Gasteiger partial charge on any atom is -0.465 e. The van der Waals surface area contributed by atoms with Gasteiger partial charge in [-0.05, 0) is 44.4 Å².